The Labute approximate surface area is 162 Å². The van der Waals surface area contributed by atoms with Gasteiger partial charge in [-0.25, -0.2) is 13.4 Å². The van der Waals surface area contributed by atoms with Crippen molar-refractivity contribution in [1.29, 1.82) is 0 Å². The number of aryl methyl sites for hydroxylation is 1. The van der Waals surface area contributed by atoms with Gasteiger partial charge in [0, 0.05) is 38.7 Å². The zero-order valence-electron chi connectivity index (χ0n) is 16.5. The predicted octanol–water partition coefficient (Wildman–Crippen LogP) is 5.00. The Morgan fingerprint density at radius 2 is 2.00 bits per heavy atom. The molecule has 5 nitrogen and oxygen atoms in total. The number of carboxylic acid groups (broad SMARTS) is 1. The first-order valence-corrected chi connectivity index (χ1v) is 10.2. The van der Waals surface area contributed by atoms with Crippen LogP contribution in [-0.2, 0) is 12.8 Å². The molecule has 1 heterocycles. The lowest BCUT2D eigenvalue weighted by molar-refractivity contribution is 0.137. The predicted molar refractivity (Wildman–Crippen MR) is 108 cm³/mol. The van der Waals surface area contributed by atoms with Crippen molar-refractivity contribution < 1.29 is 14.6 Å². The normalized spacial score (nSPS) is 15.0. The summed E-state index contributed by atoms with van der Waals surface area (Å²) in [5, 5.41) is 9.07. The largest absolute Gasteiger partial charge is 0.487 e. The molecule has 1 aromatic carbocycles. The lowest BCUT2D eigenvalue weighted by Gasteiger charge is -2.24. The molecule has 0 unspecified atom stereocenters. The molecule has 1 amide bonds. The Balaban J connectivity index is 1.83. The molecule has 0 aliphatic carbocycles. The van der Waals surface area contributed by atoms with Gasteiger partial charge in [0.25, 0.3) is 0 Å². The third-order valence-corrected chi connectivity index (χ3v) is 5.54. The summed E-state index contributed by atoms with van der Waals surface area (Å²) in [6, 6.07) is 6.46. The summed E-state index contributed by atoms with van der Waals surface area (Å²) in [7, 11) is 1.60. The summed E-state index contributed by atoms with van der Waals surface area (Å²) >= 11 is 1.30. The van der Waals surface area contributed by atoms with E-state index >= 15 is 0 Å². The maximum Gasteiger partial charge on any atom is 0.418 e. The van der Waals surface area contributed by atoms with E-state index in [1.54, 1.807) is 7.05 Å². The molecular formula is C20H32N2O3S. The van der Waals surface area contributed by atoms with Crippen LogP contribution in [0.2, 0.25) is 0 Å². The lowest BCUT2D eigenvalue weighted by Crippen LogP contribution is -2.27. The number of rotatable bonds is 10. The van der Waals surface area contributed by atoms with Gasteiger partial charge in [0.05, 0.1) is 0 Å². The van der Waals surface area contributed by atoms with Crippen molar-refractivity contribution in [3.63, 3.8) is 0 Å². The third-order valence-electron chi connectivity index (χ3n) is 4.54. The van der Waals surface area contributed by atoms with Crippen LogP contribution in [0.5, 0.6) is 5.75 Å². The van der Waals surface area contributed by atoms with Gasteiger partial charge in [-0.1, -0.05) is 31.5 Å². The molecule has 0 saturated heterocycles. The SMILES string of the molecule is CCCCN(CCCCc1cccc2c1OC(C)(C)C2)SN(C)C(=O)O. The van der Waals surface area contributed by atoms with Gasteiger partial charge < -0.3 is 9.84 Å². The highest BCUT2D eigenvalue weighted by Gasteiger charge is 2.31. The highest BCUT2D eigenvalue weighted by atomic mass is 32.2. The van der Waals surface area contributed by atoms with Gasteiger partial charge in [-0.3, -0.25) is 0 Å². The molecule has 0 spiro atoms. The molecule has 1 N–H and O–H groups in total. The van der Waals surface area contributed by atoms with Gasteiger partial charge in [0.1, 0.15) is 11.4 Å². The van der Waals surface area contributed by atoms with Crippen molar-refractivity contribution in [2.24, 2.45) is 0 Å². The molecule has 0 aromatic heterocycles. The number of para-hydroxylation sites is 1. The summed E-state index contributed by atoms with van der Waals surface area (Å²) in [5.41, 5.74) is 2.51. The zero-order valence-corrected chi connectivity index (χ0v) is 17.3. The molecule has 1 aliphatic rings. The molecule has 0 fully saturated rings. The minimum atomic E-state index is -0.906. The monoisotopic (exact) mass is 380 g/mol. The summed E-state index contributed by atoms with van der Waals surface area (Å²) in [5.74, 6) is 1.08. The smallest absolute Gasteiger partial charge is 0.418 e. The van der Waals surface area contributed by atoms with E-state index in [2.05, 4.69) is 43.3 Å². The van der Waals surface area contributed by atoms with Crippen molar-refractivity contribution in [1.82, 2.24) is 8.61 Å². The fourth-order valence-corrected chi connectivity index (χ4v) is 4.05. The topological polar surface area (TPSA) is 53.0 Å². The molecule has 6 heteroatoms. The fraction of sp³-hybridized carbons (Fsp3) is 0.650. The molecule has 0 saturated carbocycles. The number of nitrogens with zero attached hydrogens (tertiary/aromatic N) is 2. The maximum atomic E-state index is 11.0. The Morgan fingerprint density at radius 1 is 1.27 bits per heavy atom. The van der Waals surface area contributed by atoms with Crippen molar-refractivity contribution in [3.8, 4) is 5.75 Å². The number of amides is 1. The van der Waals surface area contributed by atoms with Crippen molar-refractivity contribution in [2.45, 2.75) is 64.9 Å². The quantitative estimate of drug-likeness (QED) is 0.457. The minimum Gasteiger partial charge on any atom is -0.487 e. The van der Waals surface area contributed by atoms with E-state index in [-0.39, 0.29) is 5.60 Å². The lowest BCUT2D eigenvalue weighted by atomic mass is 9.99. The van der Waals surface area contributed by atoms with Gasteiger partial charge >= 0.3 is 6.09 Å². The average Bonchev–Trinajstić information content (AvgIpc) is 2.90. The van der Waals surface area contributed by atoms with Crippen LogP contribution < -0.4 is 4.74 Å². The van der Waals surface area contributed by atoms with Gasteiger partial charge in [-0.05, 0) is 50.7 Å². The van der Waals surface area contributed by atoms with E-state index in [1.807, 2.05) is 0 Å². The Bertz CT molecular complexity index is 607. The standard InChI is InChI=1S/C20H32N2O3S/c1-5-6-13-22(26-21(4)19(23)24)14-8-7-10-16-11-9-12-17-15-20(2,3)25-18(16)17/h9,11-12H,5-8,10,13-15H2,1-4H3,(H,23,24). The van der Waals surface area contributed by atoms with Crippen molar-refractivity contribution in [3.05, 3.63) is 29.3 Å². The molecular weight excluding hydrogens is 348 g/mol. The van der Waals surface area contributed by atoms with Crippen LogP contribution in [0.3, 0.4) is 0 Å². The number of unbranched alkanes of at least 4 members (excludes halogenated alkanes) is 2. The second-order valence-corrected chi connectivity index (χ2v) is 8.77. The van der Waals surface area contributed by atoms with Crippen molar-refractivity contribution in [2.75, 3.05) is 20.1 Å². The zero-order chi connectivity index (χ0) is 19.2. The fourth-order valence-electron chi connectivity index (χ4n) is 3.22. The number of fused-ring (bicyclic) bond motifs is 1. The molecule has 0 bridgehead atoms. The van der Waals surface area contributed by atoms with Crippen LogP contribution in [-0.4, -0.2) is 45.5 Å². The maximum absolute atomic E-state index is 11.0. The van der Waals surface area contributed by atoms with E-state index in [1.165, 1.54) is 27.6 Å². The van der Waals surface area contributed by atoms with Crippen molar-refractivity contribution >= 4 is 18.2 Å². The number of benzene rings is 1. The summed E-state index contributed by atoms with van der Waals surface area (Å²) in [6.07, 6.45) is 5.36. The van der Waals surface area contributed by atoms with Gasteiger partial charge in [0.15, 0.2) is 0 Å². The molecule has 146 valence electrons. The first kappa shape index (κ1) is 20.9. The Hall–Kier alpha value is -1.40. The van der Waals surface area contributed by atoms with Crippen LogP contribution in [0.1, 0.15) is 57.6 Å². The molecule has 1 aliphatic heterocycles. The van der Waals surface area contributed by atoms with E-state index < -0.39 is 6.09 Å². The molecule has 26 heavy (non-hydrogen) atoms. The van der Waals surface area contributed by atoms with Crippen LogP contribution in [0, 0.1) is 0 Å². The molecule has 0 radical (unpaired) electrons. The van der Waals surface area contributed by atoms with Crippen LogP contribution in [0.25, 0.3) is 0 Å². The second kappa shape index (κ2) is 9.51. The molecule has 2 rings (SSSR count). The minimum absolute atomic E-state index is 0.104. The van der Waals surface area contributed by atoms with Gasteiger partial charge in [0.2, 0.25) is 0 Å². The Kier molecular flexibility index (Phi) is 7.65. The second-order valence-electron chi connectivity index (χ2n) is 7.55. The van der Waals surface area contributed by atoms with E-state index in [0.29, 0.717) is 0 Å². The number of ether oxygens (including phenoxy) is 1. The highest BCUT2D eigenvalue weighted by molar-refractivity contribution is 7.95. The summed E-state index contributed by atoms with van der Waals surface area (Å²) in [4.78, 5) is 11.0. The highest BCUT2D eigenvalue weighted by Crippen LogP contribution is 2.38. The molecule has 0 atom stereocenters. The first-order valence-electron chi connectivity index (χ1n) is 9.52. The number of hydrogen-bond acceptors (Lipinski definition) is 4. The summed E-state index contributed by atoms with van der Waals surface area (Å²) < 4.78 is 9.58. The van der Waals surface area contributed by atoms with Gasteiger partial charge in [-0.15, -0.1) is 0 Å². The van der Waals surface area contributed by atoms with E-state index in [4.69, 9.17) is 9.84 Å². The number of hydrogen-bond donors (Lipinski definition) is 1. The summed E-state index contributed by atoms with van der Waals surface area (Å²) in [6.45, 7) is 8.23. The van der Waals surface area contributed by atoms with Gasteiger partial charge in [-0.2, -0.15) is 0 Å². The average molecular weight is 381 g/mol. The third kappa shape index (κ3) is 6.09. The van der Waals surface area contributed by atoms with E-state index in [9.17, 15) is 4.79 Å². The van der Waals surface area contributed by atoms with Crippen LogP contribution >= 0.6 is 12.1 Å². The van der Waals surface area contributed by atoms with Crippen LogP contribution in [0.4, 0.5) is 4.79 Å². The van der Waals surface area contributed by atoms with E-state index in [0.717, 1.165) is 57.4 Å². The Morgan fingerprint density at radius 3 is 2.69 bits per heavy atom. The van der Waals surface area contributed by atoms with Crippen LogP contribution in [0.15, 0.2) is 18.2 Å². The first-order chi connectivity index (χ1) is 12.3. The number of carbonyl (C=O) groups is 1. The molecule has 1 aromatic rings.